The summed E-state index contributed by atoms with van der Waals surface area (Å²) in [4.78, 5) is 18.9. The van der Waals surface area contributed by atoms with Gasteiger partial charge in [0.25, 0.3) is 0 Å². The fourth-order valence-corrected chi connectivity index (χ4v) is 4.92. The Morgan fingerprint density at radius 1 is 0.842 bits per heavy atom. The third kappa shape index (κ3) is 9.89. The van der Waals surface area contributed by atoms with Gasteiger partial charge >= 0.3 is 5.97 Å². The van der Waals surface area contributed by atoms with Gasteiger partial charge in [-0.1, -0.05) is 24.3 Å². The van der Waals surface area contributed by atoms with Crippen LogP contribution in [0.4, 0.5) is 8.78 Å². The van der Waals surface area contributed by atoms with Crippen molar-refractivity contribution in [2.24, 2.45) is 0 Å². The van der Waals surface area contributed by atoms with Crippen molar-refractivity contribution in [3.8, 4) is 0 Å². The van der Waals surface area contributed by atoms with E-state index in [1.165, 1.54) is 24.3 Å². The van der Waals surface area contributed by atoms with Gasteiger partial charge in [0.05, 0.1) is 12.6 Å². The normalized spacial score (nSPS) is 14.9. The summed E-state index contributed by atoms with van der Waals surface area (Å²) < 4.78 is 38.0. The van der Waals surface area contributed by atoms with E-state index in [0.29, 0.717) is 31.8 Å². The van der Waals surface area contributed by atoms with E-state index in [9.17, 15) is 13.6 Å². The van der Waals surface area contributed by atoms with Crippen molar-refractivity contribution in [3.63, 3.8) is 0 Å². The van der Waals surface area contributed by atoms with E-state index in [0.717, 1.165) is 43.9 Å². The number of benzene rings is 2. The lowest BCUT2D eigenvalue weighted by Crippen LogP contribution is -2.48. The molecule has 0 aromatic heterocycles. The monoisotopic (exact) mass is 553 g/mol. The summed E-state index contributed by atoms with van der Waals surface area (Å²) in [5.41, 5.74) is 1.96. The van der Waals surface area contributed by atoms with Gasteiger partial charge in [0.15, 0.2) is 0 Å². The zero-order valence-electron chi connectivity index (χ0n) is 22.9. The van der Waals surface area contributed by atoms with Crippen molar-refractivity contribution in [1.29, 1.82) is 0 Å². The van der Waals surface area contributed by atoms with Crippen molar-refractivity contribution in [3.05, 3.63) is 71.3 Å². The molecule has 0 atom stereocenters. The average Bonchev–Trinajstić information content (AvgIpc) is 2.87. The molecule has 1 heterocycles. The lowest BCUT2D eigenvalue weighted by atomic mass is 9.96. The highest BCUT2D eigenvalue weighted by Gasteiger charge is 2.26. The predicted molar refractivity (Wildman–Crippen MR) is 149 cm³/mol. The predicted octanol–water partition coefficient (Wildman–Crippen LogP) is 4.77. The number of nitrogens with zero attached hydrogens (tertiary/aromatic N) is 3. The highest BCUT2D eigenvalue weighted by atomic mass is 35.5. The number of hydrogen-bond donors (Lipinski definition) is 0. The van der Waals surface area contributed by atoms with Crippen molar-refractivity contribution in [1.82, 2.24) is 14.7 Å². The van der Waals surface area contributed by atoms with E-state index in [1.807, 2.05) is 0 Å². The van der Waals surface area contributed by atoms with E-state index in [1.54, 1.807) is 24.3 Å². The van der Waals surface area contributed by atoms with Crippen molar-refractivity contribution >= 4 is 18.4 Å². The Morgan fingerprint density at radius 3 is 1.82 bits per heavy atom. The summed E-state index contributed by atoms with van der Waals surface area (Å²) in [6.07, 6.45) is 0. The number of halogens is 3. The molecule has 0 amide bonds. The van der Waals surface area contributed by atoms with Crippen LogP contribution in [-0.4, -0.2) is 91.8 Å². The first-order valence-corrected chi connectivity index (χ1v) is 13.2. The Balaban J connectivity index is 0.00000507. The van der Waals surface area contributed by atoms with Gasteiger partial charge < -0.3 is 9.47 Å². The fourth-order valence-electron chi connectivity index (χ4n) is 4.92. The first-order chi connectivity index (χ1) is 17.7. The molecule has 1 fully saturated rings. The molecule has 38 heavy (non-hydrogen) atoms. The Labute approximate surface area is 232 Å². The summed E-state index contributed by atoms with van der Waals surface area (Å²) in [5, 5.41) is 0. The first kappa shape index (κ1) is 32.1. The minimum absolute atomic E-state index is 0. The SMILES string of the molecule is CC(C)N(CCOC(=O)COCCN1CCN(C(c2ccc(F)cc2)c2ccc(F)cc2)CC1)C(C)C.Cl. The van der Waals surface area contributed by atoms with Crippen LogP contribution in [0.1, 0.15) is 44.9 Å². The second kappa shape index (κ2) is 16.1. The molecule has 0 bridgehead atoms. The number of ether oxygens (including phenoxy) is 2. The van der Waals surface area contributed by atoms with Crippen LogP contribution in [0.15, 0.2) is 48.5 Å². The van der Waals surface area contributed by atoms with Crippen LogP contribution in [0.5, 0.6) is 0 Å². The summed E-state index contributed by atoms with van der Waals surface area (Å²) in [6.45, 7) is 14.1. The summed E-state index contributed by atoms with van der Waals surface area (Å²) in [7, 11) is 0. The van der Waals surface area contributed by atoms with E-state index >= 15 is 0 Å². The molecule has 3 rings (SSSR count). The smallest absolute Gasteiger partial charge is 0.332 e. The molecule has 9 heteroatoms. The highest BCUT2D eigenvalue weighted by Crippen LogP contribution is 2.30. The molecule has 2 aromatic rings. The van der Waals surface area contributed by atoms with Gasteiger partial charge in [0, 0.05) is 51.4 Å². The summed E-state index contributed by atoms with van der Waals surface area (Å²) >= 11 is 0. The van der Waals surface area contributed by atoms with Crippen molar-refractivity contribution in [2.75, 3.05) is 59.1 Å². The van der Waals surface area contributed by atoms with Crippen LogP contribution >= 0.6 is 12.4 Å². The quantitative estimate of drug-likeness (QED) is 0.263. The Morgan fingerprint density at radius 2 is 1.34 bits per heavy atom. The molecular formula is C29H42ClF2N3O3. The van der Waals surface area contributed by atoms with Gasteiger partial charge in [0.1, 0.15) is 24.8 Å². The zero-order valence-corrected chi connectivity index (χ0v) is 23.8. The topological polar surface area (TPSA) is 45.2 Å². The largest absolute Gasteiger partial charge is 0.463 e. The van der Waals surface area contributed by atoms with Gasteiger partial charge in [0.2, 0.25) is 0 Å². The second-order valence-corrected chi connectivity index (χ2v) is 10.1. The third-order valence-corrected chi connectivity index (χ3v) is 6.85. The molecule has 2 aromatic carbocycles. The minimum atomic E-state index is -0.335. The maximum Gasteiger partial charge on any atom is 0.332 e. The number of carbonyl (C=O) groups excluding carboxylic acids is 1. The van der Waals surface area contributed by atoms with Gasteiger partial charge in [-0.3, -0.25) is 14.7 Å². The first-order valence-electron chi connectivity index (χ1n) is 13.2. The van der Waals surface area contributed by atoms with E-state index < -0.39 is 0 Å². The number of piperazine rings is 1. The maximum atomic E-state index is 13.5. The van der Waals surface area contributed by atoms with Gasteiger partial charge in [-0.15, -0.1) is 12.4 Å². The molecule has 1 aliphatic rings. The Bertz CT molecular complexity index is 899. The Hall–Kier alpha value is -2.10. The number of rotatable bonds is 13. The maximum absolute atomic E-state index is 13.5. The van der Waals surface area contributed by atoms with E-state index in [4.69, 9.17) is 9.47 Å². The molecular weight excluding hydrogens is 512 g/mol. The second-order valence-electron chi connectivity index (χ2n) is 10.1. The van der Waals surface area contributed by atoms with Gasteiger partial charge in [-0.25, -0.2) is 13.6 Å². The lowest BCUT2D eigenvalue weighted by Gasteiger charge is -2.39. The lowest BCUT2D eigenvalue weighted by molar-refractivity contribution is -0.149. The molecule has 212 valence electrons. The van der Waals surface area contributed by atoms with Crippen LogP contribution < -0.4 is 0 Å². The number of carbonyl (C=O) groups is 1. The minimum Gasteiger partial charge on any atom is -0.463 e. The van der Waals surface area contributed by atoms with E-state index in [2.05, 4.69) is 42.4 Å². The molecule has 0 radical (unpaired) electrons. The molecule has 0 aliphatic carbocycles. The zero-order chi connectivity index (χ0) is 26.8. The van der Waals surface area contributed by atoms with Gasteiger partial charge in [-0.05, 0) is 63.1 Å². The molecule has 6 nitrogen and oxygen atoms in total. The van der Waals surface area contributed by atoms with Crippen LogP contribution in [0.2, 0.25) is 0 Å². The van der Waals surface area contributed by atoms with Crippen LogP contribution in [0.3, 0.4) is 0 Å². The summed E-state index contributed by atoms with van der Waals surface area (Å²) in [6, 6.07) is 13.8. The third-order valence-electron chi connectivity index (χ3n) is 6.85. The fraction of sp³-hybridized carbons (Fsp3) is 0.552. The molecule has 0 spiro atoms. The molecule has 0 saturated carbocycles. The van der Waals surface area contributed by atoms with Gasteiger partial charge in [-0.2, -0.15) is 0 Å². The average molecular weight is 554 g/mol. The van der Waals surface area contributed by atoms with Crippen LogP contribution in [-0.2, 0) is 14.3 Å². The highest BCUT2D eigenvalue weighted by molar-refractivity contribution is 5.85. The molecule has 1 saturated heterocycles. The molecule has 0 unspecified atom stereocenters. The van der Waals surface area contributed by atoms with Crippen LogP contribution in [0.25, 0.3) is 0 Å². The number of hydrogen-bond acceptors (Lipinski definition) is 6. The Kier molecular flexibility index (Phi) is 13.6. The van der Waals surface area contributed by atoms with Crippen molar-refractivity contribution < 1.29 is 23.0 Å². The van der Waals surface area contributed by atoms with Crippen molar-refractivity contribution in [2.45, 2.75) is 45.8 Å². The standard InChI is InChI=1S/C29H41F2N3O3.ClH/c1-22(2)34(23(3)4)18-20-37-28(35)21-36-19-17-32-13-15-33(16-14-32)29(24-5-9-26(30)10-6-24)25-7-11-27(31)12-8-25;/h5-12,22-23,29H,13-21H2,1-4H3;1H. The van der Waals surface area contributed by atoms with E-state index in [-0.39, 0.29) is 42.7 Å². The molecule has 1 aliphatic heterocycles. The molecule has 0 N–H and O–H groups in total. The summed E-state index contributed by atoms with van der Waals surface area (Å²) in [5.74, 6) is -0.884. The number of esters is 1. The van der Waals surface area contributed by atoms with Crippen LogP contribution in [0, 0.1) is 11.6 Å².